The molecule has 1 heterocycles. The first-order valence-electron chi connectivity index (χ1n) is 9.17. The van der Waals surface area contributed by atoms with E-state index in [2.05, 4.69) is 15.5 Å². The highest BCUT2D eigenvalue weighted by molar-refractivity contribution is 7.99. The Kier molecular flexibility index (Phi) is 8.75. The Labute approximate surface area is 204 Å². The summed E-state index contributed by atoms with van der Waals surface area (Å²) in [6.07, 6.45) is 1.40. The number of nitrogens with zero attached hydrogens (tertiary/aromatic N) is 3. The van der Waals surface area contributed by atoms with Gasteiger partial charge in [-0.25, -0.2) is 0 Å². The highest BCUT2D eigenvalue weighted by Crippen LogP contribution is 2.28. The molecule has 0 atom stereocenters. The van der Waals surface area contributed by atoms with Crippen molar-refractivity contribution in [2.24, 2.45) is 7.05 Å². The summed E-state index contributed by atoms with van der Waals surface area (Å²) in [4.78, 5) is 12.2. The summed E-state index contributed by atoms with van der Waals surface area (Å²) in [7, 11) is 1.86. The summed E-state index contributed by atoms with van der Waals surface area (Å²) in [5.41, 5.74) is 0.510. The Morgan fingerprint density at radius 3 is 2.48 bits per heavy atom. The van der Waals surface area contributed by atoms with E-state index in [-0.39, 0.29) is 11.7 Å². The fourth-order valence-corrected chi connectivity index (χ4v) is 4.25. The standard InChI is InChI=1S/C20H18Cl4N4O2S/c1-28-18(3-2-8-30-17-7-5-13(22)10-15(17)24)26-27-20(28)31-11-19(29)25-16-6-4-12(21)9-14(16)23/h4-7,9-10H,2-3,8,11H2,1H3,(H,25,29). The molecule has 1 aromatic heterocycles. The number of nitrogens with one attached hydrogen (secondary N) is 1. The van der Waals surface area contributed by atoms with Gasteiger partial charge < -0.3 is 14.6 Å². The van der Waals surface area contributed by atoms with Crippen molar-refractivity contribution in [3.63, 3.8) is 0 Å². The molecule has 3 rings (SSSR count). The zero-order valence-electron chi connectivity index (χ0n) is 16.4. The van der Waals surface area contributed by atoms with Crippen LogP contribution in [0, 0.1) is 0 Å². The third kappa shape index (κ3) is 6.92. The third-order valence-electron chi connectivity index (χ3n) is 4.16. The van der Waals surface area contributed by atoms with Gasteiger partial charge in [-0.2, -0.15) is 0 Å². The third-order valence-corrected chi connectivity index (χ3v) is 6.26. The lowest BCUT2D eigenvalue weighted by Gasteiger charge is -2.08. The van der Waals surface area contributed by atoms with Gasteiger partial charge in [0.05, 0.1) is 28.1 Å². The first-order valence-corrected chi connectivity index (χ1v) is 11.7. The Bertz CT molecular complexity index is 1080. The average molecular weight is 520 g/mol. The van der Waals surface area contributed by atoms with Crippen molar-refractivity contribution in [1.82, 2.24) is 14.8 Å². The number of hydrogen-bond donors (Lipinski definition) is 1. The van der Waals surface area contributed by atoms with E-state index >= 15 is 0 Å². The molecule has 3 aromatic rings. The van der Waals surface area contributed by atoms with Crippen LogP contribution in [0.5, 0.6) is 5.75 Å². The molecule has 164 valence electrons. The maximum Gasteiger partial charge on any atom is 0.234 e. The summed E-state index contributed by atoms with van der Waals surface area (Å²) in [5, 5.41) is 13.7. The molecule has 31 heavy (non-hydrogen) atoms. The number of hydrogen-bond acceptors (Lipinski definition) is 5. The summed E-state index contributed by atoms with van der Waals surface area (Å²) >= 11 is 25.2. The molecule has 0 aliphatic heterocycles. The van der Waals surface area contributed by atoms with Crippen LogP contribution in [-0.2, 0) is 18.3 Å². The summed E-state index contributed by atoms with van der Waals surface area (Å²) in [6, 6.07) is 10.0. The Morgan fingerprint density at radius 2 is 1.77 bits per heavy atom. The van der Waals surface area contributed by atoms with Crippen LogP contribution in [0.1, 0.15) is 12.2 Å². The van der Waals surface area contributed by atoms with E-state index in [0.29, 0.717) is 49.7 Å². The van der Waals surface area contributed by atoms with Crippen LogP contribution < -0.4 is 10.1 Å². The highest BCUT2D eigenvalue weighted by atomic mass is 35.5. The second-order valence-corrected chi connectivity index (χ2v) is 9.08. The Balaban J connectivity index is 1.45. The molecule has 11 heteroatoms. The molecule has 6 nitrogen and oxygen atoms in total. The van der Waals surface area contributed by atoms with E-state index in [0.717, 1.165) is 12.2 Å². The van der Waals surface area contributed by atoms with Crippen LogP contribution in [0.3, 0.4) is 0 Å². The number of carbonyl (C=O) groups excluding carboxylic acids is 1. The lowest BCUT2D eigenvalue weighted by atomic mass is 10.3. The van der Waals surface area contributed by atoms with Crippen LogP contribution in [0.2, 0.25) is 20.1 Å². The van der Waals surface area contributed by atoms with Crippen molar-refractivity contribution in [3.8, 4) is 5.75 Å². The lowest BCUT2D eigenvalue weighted by molar-refractivity contribution is -0.113. The van der Waals surface area contributed by atoms with Crippen LogP contribution >= 0.6 is 58.2 Å². The van der Waals surface area contributed by atoms with Crippen molar-refractivity contribution in [2.45, 2.75) is 18.0 Å². The van der Waals surface area contributed by atoms with E-state index in [4.69, 9.17) is 51.1 Å². The predicted octanol–water partition coefficient (Wildman–Crippen LogP) is 6.17. The van der Waals surface area contributed by atoms with Crippen LogP contribution in [0.25, 0.3) is 0 Å². The molecule has 2 aromatic carbocycles. The molecule has 0 aliphatic carbocycles. The SMILES string of the molecule is Cn1c(CCCOc2ccc(Cl)cc2Cl)nnc1SCC(=O)Nc1ccc(Cl)cc1Cl. The number of carbonyl (C=O) groups is 1. The minimum atomic E-state index is -0.202. The molecular formula is C20H18Cl4N4O2S. The largest absolute Gasteiger partial charge is 0.492 e. The zero-order valence-corrected chi connectivity index (χ0v) is 20.2. The second kappa shape index (κ2) is 11.3. The van der Waals surface area contributed by atoms with Gasteiger partial charge in [0.25, 0.3) is 0 Å². The number of anilines is 1. The molecule has 1 amide bonds. The first-order chi connectivity index (χ1) is 14.8. The molecule has 0 bridgehead atoms. The van der Waals surface area contributed by atoms with E-state index in [1.807, 2.05) is 11.6 Å². The molecule has 0 saturated carbocycles. The van der Waals surface area contributed by atoms with Gasteiger partial charge in [-0.1, -0.05) is 58.2 Å². The van der Waals surface area contributed by atoms with Gasteiger partial charge in [-0.15, -0.1) is 10.2 Å². The zero-order chi connectivity index (χ0) is 22.4. The number of halogens is 4. The second-order valence-electron chi connectivity index (χ2n) is 6.45. The van der Waals surface area contributed by atoms with Crippen molar-refractivity contribution < 1.29 is 9.53 Å². The van der Waals surface area contributed by atoms with Gasteiger partial charge in [0.15, 0.2) is 5.16 Å². The molecule has 0 aliphatic rings. The van der Waals surface area contributed by atoms with E-state index in [1.54, 1.807) is 36.4 Å². The average Bonchev–Trinajstić information content (AvgIpc) is 3.07. The quantitative estimate of drug-likeness (QED) is 0.270. The van der Waals surface area contributed by atoms with Crippen molar-refractivity contribution in [3.05, 3.63) is 62.3 Å². The number of rotatable bonds is 9. The maximum absolute atomic E-state index is 12.2. The minimum Gasteiger partial charge on any atom is -0.492 e. The molecule has 0 fully saturated rings. The summed E-state index contributed by atoms with van der Waals surface area (Å²) in [5.74, 6) is 1.36. The van der Waals surface area contributed by atoms with Crippen molar-refractivity contribution in [1.29, 1.82) is 0 Å². The fraction of sp³-hybridized carbons (Fsp3) is 0.250. The fourth-order valence-electron chi connectivity index (χ4n) is 2.60. The van der Waals surface area contributed by atoms with Crippen molar-refractivity contribution >= 4 is 69.8 Å². The van der Waals surface area contributed by atoms with Crippen LogP contribution in [-0.4, -0.2) is 33.0 Å². The minimum absolute atomic E-state index is 0.170. The predicted molar refractivity (Wildman–Crippen MR) is 127 cm³/mol. The summed E-state index contributed by atoms with van der Waals surface area (Å²) < 4.78 is 7.55. The van der Waals surface area contributed by atoms with Gasteiger partial charge in [0, 0.05) is 23.5 Å². The number of ether oxygens (including phenoxy) is 1. The summed E-state index contributed by atoms with van der Waals surface area (Å²) in [6.45, 7) is 0.473. The Morgan fingerprint density at radius 1 is 1.06 bits per heavy atom. The lowest BCUT2D eigenvalue weighted by Crippen LogP contribution is -2.14. The first kappa shape index (κ1) is 24.0. The van der Waals surface area contributed by atoms with E-state index < -0.39 is 0 Å². The molecule has 0 unspecified atom stereocenters. The van der Waals surface area contributed by atoms with Gasteiger partial charge >= 0.3 is 0 Å². The number of benzene rings is 2. The monoisotopic (exact) mass is 518 g/mol. The van der Waals surface area contributed by atoms with Gasteiger partial charge in [-0.05, 0) is 42.8 Å². The van der Waals surface area contributed by atoms with Crippen LogP contribution in [0.15, 0.2) is 41.6 Å². The molecule has 1 N–H and O–H groups in total. The normalized spacial score (nSPS) is 10.9. The van der Waals surface area contributed by atoms with E-state index in [9.17, 15) is 4.79 Å². The Hall–Kier alpha value is -1.64. The molecular weight excluding hydrogens is 502 g/mol. The number of amides is 1. The van der Waals surface area contributed by atoms with Crippen LogP contribution in [0.4, 0.5) is 5.69 Å². The number of aryl methyl sites for hydroxylation is 1. The molecule has 0 radical (unpaired) electrons. The van der Waals surface area contributed by atoms with Gasteiger partial charge in [-0.3, -0.25) is 4.79 Å². The van der Waals surface area contributed by atoms with Gasteiger partial charge in [0.2, 0.25) is 5.91 Å². The molecule has 0 saturated heterocycles. The van der Waals surface area contributed by atoms with Crippen molar-refractivity contribution in [2.75, 3.05) is 17.7 Å². The number of thioether (sulfide) groups is 1. The topological polar surface area (TPSA) is 69.0 Å². The maximum atomic E-state index is 12.2. The number of aromatic nitrogens is 3. The molecule has 0 spiro atoms. The highest BCUT2D eigenvalue weighted by Gasteiger charge is 2.13. The smallest absolute Gasteiger partial charge is 0.234 e. The van der Waals surface area contributed by atoms with E-state index in [1.165, 1.54) is 11.8 Å². The van der Waals surface area contributed by atoms with Gasteiger partial charge in [0.1, 0.15) is 11.6 Å².